The topological polar surface area (TPSA) is 75.7 Å². The summed E-state index contributed by atoms with van der Waals surface area (Å²) in [7, 11) is -2.28. The molecule has 1 N–H and O–H groups in total. The molecule has 6 nitrogen and oxygen atoms in total. The van der Waals surface area contributed by atoms with Crippen LogP contribution in [0.4, 0.5) is 5.69 Å². The van der Waals surface area contributed by atoms with Gasteiger partial charge >= 0.3 is 0 Å². The Balaban J connectivity index is 2.12. The first kappa shape index (κ1) is 20.7. The van der Waals surface area contributed by atoms with E-state index in [1.807, 2.05) is 0 Å². The predicted octanol–water partition coefficient (Wildman–Crippen LogP) is 3.76. The van der Waals surface area contributed by atoms with E-state index in [-0.39, 0.29) is 18.0 Å². The van der Waals surface area contributed by atoms with Crippen molar-refractivity contribution in [3.8, 4) is 5.75 Å². The second-order valence-corrected chi connectivity index (χ2v) is 8.54. The lowest BCUT2D eigenvalue weighted by Gasteiger charge is -2.20. The van der Waals surface area contributed by atoms with Gasteiger partial charge in [0.2, 0.25) is 15.9 Å². The van der Waals surface area contributed by atoms with Gasteiger partial charge in [-0.15, -0.1) is 0 Å². The van der Waals surface area contributed by atoms with Crippen LogP contribution < -0.4 is 10.1 Å². The highest BCUT2D eigenvalue weighted by atomic mass is 79.9. The van der Waals surface area contributed by atoms with E-state index in [0.717, 1.165) is 8.78 Å². The molecule has 0 spiro atoms. The molecule has 1 amide bonds. The first-order valence-electron chi connectivity index (χ1n) is 7.67. The Hall–Kier alpha value is -1.61. The van der Waals surface area contributed by atoms with Gasteiger partial charge in [0, 0.05) is 16.7 Å². The van der Waals surface area contributed by atoms with Gasteiger partial charge in [0.1, 0.15) is 5.75 Å². The zero-order valence-corrected chi connectivity index (χ0v) is 17.4. The number of rotatable bonds is 7. The Morgan fingerprint density at radius 1 is 1.23 bits per heavy atom. The number of methoxy groups -OCH3 is 1. The molecule has 2 rings (SSSR count). The van der Waals surface area contributed by atoms with Crippen LogP contribution in [0.2, 0.25) is 5.02 Å². The molecule has 0 heterocycles. The highest BCUT2D eigenvalue weighted by Crippen LogP contribution is 2.27. The maximum atomic E-state index is 12.7. The fraction of sp³-hybridized carbons (Fsp3) is 0.235. The number of amides is 1. The summed E-state index contributed by atoms with van der Waals surface area (Å²) < 4.78 is 32.3. The first-order valence-corrected chi connectivity index (χ1v) is 10.3. The normalized spacial score (nSPS) is 11.4. The van der Waals surface area contributed by atoms with E-state index in [2.05, 4.69) is 21.2 Å². The third kappa shape index (κ3) is 4.97. The van der Waals surface area contributed by atoms with Crippen molar-refractivity contribution in [3.63, 3.8) is 0 Å². The number of carbonyl (C=O) groups is 1. The summed E-state index contributed by atoms with van der Waals surface area (Å²) in [5.41, 5.74) is 0.456. The summed E-state index contributed by atoms with van der Waals surface area (Å²) >= 11 is 9.29. The van der Waals surface area contributed by atoms with E-state index < -0.39 is 15.9 Å². The zero-order chi connectivity index (χ0) is 19.3. The molecule has 2 aromatic carbocycles. The lowest BCUT2D eigenvalue weighted by atomic mass is 10.3. The summed E-state index contributed by atoms with van der Waals surface area (Å²) in [6, 6.07) is 11.0. The van der Waals surface area contributed by atoms with Crippen LogP contribution in [0, 0.1) is 0 Å². The smallest absolute Gasteiger partial charge is 0.243 e. The van der Waals surface area contributed by atoms with Crippen LogP contribution in [0.3, 0.4) is 0 Å². The van der Waals surface area contributed by atoms with Crippen molar-refractivity contribution in [2.24, 2.45) is 0 Å². The van der Waals surface area contributed by atoms with Gasteiger partial charge in [-0.05, 0) is 42.5 Å². The van der Waals surface area contributed by atoms with Crippen molar-refractivity contribution in [1.82, 2.24) is 4.31 Å². The number of sulfonamides is 1. The second kappa shape index (κ2) is 8.85. The van der Waals surface area contributed by atoms with Gasteiger partial charge in [-0.25, -0.2) is 8.42 Å². The van der Waals surface area contributed by atoms with Gasteiger partial charge in [-0.1, -0.05) is 34.5 Å². The number of nitrogens with one attached hydrogen (secondary N) is 1. The number of nitrogens with zero attached hydrogens (tertiary/aromatic N) is 1. The third-order valence-electron chi connectivity index (χ3n) is 3.56. The minimum atomic E-state index is -3.77. The maximum Gasteiger partial charge on any atom is 0.243 e. The van der Waals surface area contributed by atoms with E-state index >= 15 is 0 Å². The molecule has 0 saturated carbocycles. The lowest BCUT2D eigenvalue weighted by molar-refractivity contribution is -0.116. The molecule has 0 atom stereocenters. The molecule has 26 heavy (non-hydrogen) atoms. The molecule has 140 valence electrons. The molecule has 0 bridgehead atoms. The van der Waals surface area contributed by atoms with Crippen molar-refractivity contribution in [1.29, 1.82) is 0 Å². The Morgan fingerprint density at radius 2 is 1.88 bits per heavy atom. The average Bonchev–Trinajstić information content (AvgIpc) is 2.60. The van der Waals surface area contributed by atoms with Crippen LogP contribution in [0.15, 0.2) is 51.8 Å². The second-order valence-electron chi connectivity index (χ2n) is 5.28. The lowest BCUT2D eigenvalue weighted by Crippen LogP contribution is -2.37. The van der Waals surface area contributed by atoms with Crippen LogP contribution in [0.25, 0.3) is 0 Å². The Kier molecular flexibility index (Phi) is 7.05. The molecular weight excluding hydrogens is 444 g/mol. The Morgan fingerprint density at radius 3 is 2.42 bits per heavy atom. The number of likely N-dealkylation sites (N-methyl/N-ethyl adjacent to an activating group) is 1. The van der Waals surface area contributed by atoms with Crippen molar-refractivity contribution >= 4 is 49.1 Å². The number of ether oxygens (including phenoxy) is 1. The molecule has 0 aliphatic rings. The summed E-state index contributed by atoms with van der Waals surface area (Å²) in [4.78, 5) is 12.4. The third-order valence-corrected chi connectivity index (χ3v) is 6.32. The molecule has 9 heteroatoms. The van der Waals surface area contributed by atoms with E-state index in [1.165, 1.54) is 25.3 Å². The quantitative estimate of drug-likeness (QED) is 0.681. The van der Waals surface area contributed by atoms with Crippen molar-refractivity contribution in [3.05, 3.63) is 52.0 Å². The van der Waals surface area contributed by atoms with Gasteiger partial charge in [0.15, 0.2) is 0 Å². The standard InChI is InChI=1S/C17H18BrClN2O4S/c1-3-21(26(23,24)14-7-4-12(18)5-8-14)11-17(22)20-13-6-9-16(25-2)15(19)10-13/h4-10H,3,11H2,1-2H3,(H,20,22). The predicted molar refractivity (Wildman–Crippen MR) is 105 cm³/mol. The number of hydrogen-bond acceptors (Lipinski definition) is 4. The van der Waals surface area contributed by atoms with Gasteiger partial charge in [0.05, 0.1) is 23.6 Å². The molecule has 2 aromatic rings. The fourth-order valence-corrected chi connectivity index (χ4v) is 4.15. The summed E-state index contributed by atoms with van der Waals surface area (Å²) in [6.07, 6.45) is 0. The fourth-order valence-electron chi connectivity index (χ4n) is 2.23. The molecule has 0 saturated heterocycles. The summed E-state index contributed by atoms with van der Waals surface area (Å²) in [6.45, 7) is 1.53. The monoisotopic (exact) mass is 460 g/mol. The van der Waals surface area contributed by atoms with Crippen molar-refractivity contribution in [2.45, 2.75) is 11.8 Å². The average molecular weight is 462 g/mol. The Bertz CT molecular complexity index is 888. The van der Waals surface area contributed by atoms with Crippen LogP contribution in [0.1, 0.15) is 6.92 Å². The van der Waals surface area contributed by atoms with Gasteiger partial charge < -0.3 is 10.1 Å². The highest BCUT2D eigenvalue weighted by Gasteiger charge is 2.25. The molecule has 0 aromatic heterocycles. The van der Waals surface area contributed by atoms with Gasteiger partial charge in [-0.3, -0.25) is 4.79 Å². The van der Waals surface area contributed by atoms with Crippen LogP contribution in [0.5, 0.6) is 5.75 Å². The molecule has 0 aliphatic heterocycles. The summed E-state index contributed by atoms with van der Waals surface area (Å²) in [5, 5.41) is 2.99. The van der Waals surface area contributed by atoms with Gasteiger partial charge in [0.25, 0.3) is 0 Å². The number of anilines is 1. The number of carbonyl (C=O) groups excluding carboxylic acids is 1. The molecule has 0 aliphatic carbocycles. The maximum absolute atomic E-state index is 12.7. The van der Waals surface area contributed by atoms with Crippen LogP contribution >= 0.6 is 27.5 Å². The molecule has 0 fully saturated rings. The van der Waals surface area contributed by atoms with Crippen LogP contribution in [-0.4, -0.2) is 38.8 Å². The SMILES string of the molecule is CCN(CC(=O)Nc1ccc(OC)c(Cl)c1)S(=O)(=O)c1ccc(Br)cc1. The molecule has 0 unspecified atom stereocenters. The van der Waals surface area contributed by atoms with E-state index in [1.54, 1.807) is 31.2 Å². The number of hydrogen-bond donors (Lipinski definition) is 1. The highest BCUT2D eigenvalue weighted by molar-refractivity contribution is 9.10. The van der Waals surface area contributed by atoms with Crippen LogP contribution in [-0.2, 0) is 14.8 Å². The first-order chi connectivity index (χ1) is 12.3. The zero-order valence-electron chi connectivity index (χ0n) is 14.2. The minimum absolute atomic E-state index is 0.128. The molecular formula is C17H18BrClN2O4S. The largest absolute Gasteiger partial charge is 0.495 e. The van der Waals surface area contributed by atoms with E-state index in [4.69, 9.17) is 16.3 Å². The van der Waals surface area contributed by atoms with E-state index in [0.29, 0.717) is 16.5 Å². The van der Waals surface area contributed by atoms with E-state index in [9.17, 15) is 13.2 Å². The van der Waals surface area contributed by atoms with Crippen molar-refractivity contribution < 1.29 is 17.9 Å². The molecule has 0 radical (unpaired) electrons. The van der Waals surface area contributed by atoms with Gasteiger partial charge in [-0.2, -0.15) is 4.31 Å². The Labute approximate surface area is 166 Å². The number of benzene rings is 2. The minimum Gasteiger partial charge on any atom is -0.495 e. The number of halogens is 2. The summed E-state index contributed by atoms with van der Waals surface area (Å²) in [5.74, 6) is 0.0198. The van der Waals surface area contributed by atoms with Crippen molar-refractivity contribution in [2.75, 3.05) is 25.5 Å².